The Morgan fingerprint density at radius 1 is 1.17 bits per heavy atom. The molecule has 1 aromatic rings. The third-order valence-electron chi connectivity index (χ3n) is 4.13. The minimum absolute atomic E-state index is 0.138. The van der Waals surface area contributed by atoms with Gasteiger partial charge in [-0.05, 0) is 44.2 Å². The Hall–Kier alpha value is -1.02. The number of rotatable bonds is 7. The van der Waals surface area contributed by atoms with Gasteiger partial charge in [-0.3, -0.25) is 0 Å². The van der Waals surface area contributed by atoms with Crippen LogP contribution in [0.15, 0.2) is 30.3 Å². The SMILES string of the molecule is CCCCN(CCC1(N)CCC1)c1ccccc1. The van der Waals surface area contributed by atoms with Crippen LogP contribution in [0.2, 0.25) is 0 Å². The maximum atomic E-state index is 6.33. The summed E-state index contributed by atoms with van der Waals surface area (Å²) in [6, 6.07) is 10.7. The van der Waals surface area contributed by atoms with Gasteiger partial charge in [-0.1, -0.05) is 31.5 Å². The molecule has 0 aliphatic heterocycles. The largest absolute Gasteiger partial charge is 0.371 e. The molecule has 1 aliphatic carbocycles. The fraction of sp³-hybridized carbons (Fsp3) is 0.625. The number of hydrogen-bond donors (Lipinski definition) is 1. The summed E-state index contributed by atoms with van der Waals surface area (Å²) < 4.78 is 0. The van der Waals surface area contributed by atoms with Crippen LogP contribution in [0.3, 0.4) is 0 Å². The topological polar surface area (TPSA) is 29.3 Å². The van der Waals surface area contributed by atoms with Gasteiger partial charge < -0.3 is 10.6 Å². The van der Waals surface area contributed by atoms with Gasteiger partial charge in [-0.25, -0.2) is 0 Å². The molecule has 2 nitrogen and oxygen atoms in total. The molecular formula is C16H26N2. The molecule has 0 spiro atoms. The van der Waals surface area contributed by atoms with Crippen molar-refractivity contribution in [3.63, 3.8) is 0 Å². The molecule has 1 aliphatic rings. The summed E-state index contributed by atoms with van der Waals surface area (Å²) in [6.07, 6.45) is 7.37. The van der Waals surface area contributed by atoms with Gasteiger partial charge in [-0.15, -0.1) is 0 Å². The van der Waals surface area contributed by atoms with Crippen molar-refractivity contribution >= 4 is 5.69 Å². The molecule has 0 amide bonds. The van der Waals surface area contributed by atoms with E-state index in [1.54, 1.807) is 0 Å². The number of nitrogens with two attached hydrogens (primary N) is 1. The summed E-state index contributed by atoms with van der Waals surface area (Å²) in [7, 11) is 0. The van der Waals surface area contributed by atoms with Crippen LogP contribution in [0.25, 0.3) is 0 Å². The lowest BCUT2D eigenvalue weighted by Crippen LogP contribution is -2.48. The lowest BCUT2D eigenvalue weighted by atomic mass is 9.75. The van der Waals surface area contributed by atoms with E-state index in [0.717, 1.165) is 19.5 Å². The van der Waals surface area contributed by atoms with Gasteiger partial charge in [0.2, 0.25) is 0 Å². The van der Waals surface area contributed by atoms with E-state index in [2.05, 4.69) is 42.2 Å². The second-order valence-electron chi connectivity index (χ2n) is 5.64. The molecule has 0 radical (unpaired) electrons. The fourth-order valence-electron chi connectivity index (χ4n) is 2.60. The first-order valence-electron chi connectivity index (χ1n) is 7.32. The minimum Gasteiger partial charge on any atom is -0.371 e. The zero-order valence-electron chi connectivity index (χ0n) is 11.6. The number of hydrogen-bond acceptors (Lipinski definition) is 2. The number of nitrogens with zero attached hydrogens (tertiary/aromatic N) is 1. The van der Waals surface area contributed by atoms with E-state index in [-0.39, 0.29) is 5.54 Å². The number of anilines is 1. The van der Waals surface area contributed by atoms with Gasteiger partial charge in [0, 0.05) is 24.3 Å². The summed E-state index contributed by atoms with van der Waals surface area (Å²) in [5.41, 5.74) is 7.81. The second-order valence-corrected chi connectivity index (χ2v) is 5.64. The highest BCUT2D eigenvalue weighted by Gasteiger charge is 2.32. The fourth-order valence-corrected chi connectivity index (χ4v) is 2.60. The molecule has 0 atom stereocenters. The van der Waals surface area contributed by atoms with Gasteiger partial charge in [0.05, 0.1) is 0 Å². The predicted octanol–water partition coefficient (Wildman–Crippen LogP) is 3.56. The maximum absolute atomic E-state index is 6.33. The molecule has 1 saturated carbocycles. The molecule has 0 aromatic heterocycles. The van der Waals surface area contributed by atoms with Crippen LogP contribution < -0.4 is 10.6 Å². The Morgan fingerprint density at radius 3 is 2.44 bits per heavy atom. The molecule has 100 valence electrons. The highest BCUT2D eigenvalue weighted by atomic mass is 15.1. The van der Waals surface area contributed by atoms with Gasteiger partial charge in [0.25, 0.3) is 0 Å². The van der Waals surface area contributed by atoms with E-state index in [1.165, 1.54) is 37.8 Å². The Bertz CT molecular complexity index is 343. The van der Waals surface area contributed by atoms with E-state index in [1.807, 2.05) is 0 Å². The van der Waals surface area contributed by atoms with Crippen LogP contribution in [0.1, 0.15) is 45.4 Å². The van der Waals surface area contributed by atoms with Crippen molar-refractivity contribution in [1.29, 1.82) is 0 Å². The molecule has 0 bridgehead atoms. The minimum atomic E-state index is 0.138. The number of benzene rings is 1. The van der Waals surface area contributed by atoms with Crippen molar-refractivity contribution in [2.45, 2.75) is 51.0 Å². The van der Waals surface area contributed by atoms with Crippen molar-refractivity contribution in [2.75, 3.05) is 18.0 Å². The van der Waals surface area contributed by atoms with Crippen LogP contribution in [-0.4, -0.2) is 18.6 Å². The average Bonchev–Trinajstić information content (AvgIpc) is 2.38. The first-order valence-corrected chi connectivity index (χ1v) is 7.32. The standard InChI is InChI=1S/C16H26N2/c1-2-3-13-18(15-8-5-4-6-9-15)14-12-16(17)10-7-11-16/h4-6,8-9H,2-3,7,10-14,17H2,1H3. The number of para-hydroxylation sites is 1. The normalized spacial score (nSPS) is 17.2. The smallest absolute Gasteiger partial charge is 0.0366 e. The predicted molar refractivity (Wildman–Crippen MR) is 78.9 cm³/mol. The quantitative estimate of drug-likeness (QED) is 0.797. The molecule has 0 heterocycles. The first kappa shape index (κ1) is 13.4. The maximum Gasteiger partial charge on any atom is 0.0366 e. The molecule has 18 heavy (non-hydrogen) atoms. The van der Waals surface area contributed by atoms with Crippen LogP contribution in [0.5, 0.6) is 0 Å². The Kier molecular flexibility index (Phi) is 4.65. The summed E-state index contributed by atoms with van der Waals surface area (Å²) >= 11 is 0. The molecule has 1 fully saturated rings. The molecule has 0 unspecified atom stereocenters. The monoisotopic (exact) mass is 246 g/mol. The highest BCUT2D eigenvalue weighted by molar-refractivity contribution is 5.45. The molecule has 2 N–H and O–H groups in total. The third kappa shape index (κ3) is 3.49. The molecular weight excluding hydrogens is 220 g/mol. The van der Waals surface area contributed by atoms with Gasteiger partial charge in [0.15, 0.2) is 0 Å². The van der Waals surface area contributed by atoms with Crippen molar-refractivity contribution in [3.05, 3.63) is 30.3 Å². The molecule has 1 aromatic carbocycles. The Balaban J connectivity index is 1.92. The summed E-state index contributed by atoms with van der Waals surface area (Å²) in [5.74, 6) is 0. The molecule has 0 saturated heterocycles. The summed E-state index contributed by atoms with van der Waals surface area (Å²) in [5, 5.41) is 0. The summed E-state index contributed by atoms with van der Waals surface area (Å²) in [6.45, 7) is 4.50. The zero-order chi connectivity index (χ0) is 12.8. The molecule has 2 rings (SSSR count). The second kappa shape index (κ2) is 6.24. The van der Waals surface area contributed by atoms with Crippen molar-refractivity contribution in [3.8, 4) is 0 Å². The Labute approximate surface area is 111 Å². The molecule has 2 heteroatoms. The summed E-state index contributed by atoms with van der Waals surface area (Å²) in [4.78, 5) is 2.50. The van der Waals surface area contributed by atoms with Crippen LogP contribution in [0, 0.1) is 0 Å². The van der Waals surface area contributed by atoms with Crippen molar-refractivity contribution < 1.29 is 0 Å². The van der Waals surface area contributed by atoms with E-state index >= 15 is 0 Å². The lowest BCUT2D eigenvalue weighted by Gasteiger charge is -2.40. The van der Waals surface area contributed by atoms with Gasteiger partial charge >= 0.3 is 0 Å². The van der Waals surface area contributed by atoms with E-state index in [9.17, 15) is 0 Å². The highest BCUT2D eigenvalue weighted by Crippen LogP contribution is 2.32. The van der Waals surface area contributed by atoms with Gasteiger partial charge in [0.1, 0.15) is 0 Å². The van der Waals surface area contributed by atoms with Crippen molar-refractivity contribution in [2.24, 2.45) is 5.73 Å². The zero-order valence-corrected chi connectivity index (χ0v) is 11.6. The van der Waals surface area contributed by atoms with Crippen LogP contribution in [-0.2, 0) is 0 Å². The van der Waals surface area contributed by atoms with E-state index < -0.39 is 0 Å². The third-order valence-corrected chi connectivity index (χ3v) is 4.13. The van der Waals surface area contributed by atoms with E-state index in [4.69, 9.17) is 5.73 Å². The van der Waals surface area contributed by atoms with Gasteiger partial charge in [-0.2, -0.15) is 0 Å². The first-order chi connectivity index (χ1) is 8.73. The van der Waals surface area contributed by atoms with Crippen LogP contribution >= 0.6 is 0 Å². The van der Waals surface area contributed by atoms with Crippen LogP contribution in [0.4, 0.5) is 5.69 Å². The Morgan fingerprint density at radius 2 is 1.89 bits per heavy atom. The van der Waals surface area contributed by atoms with E-state index in [0.29, 0.717) is 0 Å². The average molecular weight is 246 g/mol. The van der Waals surface area contributed by atoms with Crippen molar-refractivity contribution in [1.82, 2.24) is 0 Å². The lowest BCUT2D eigenvalue weighted by molar-refractivity contribution is 0.233. The number of unbranched alkanes of at least 4 members (excludes halogenated alkanes) is 1.